The highest BCUT2D eigenvalue weighted by Crippen LogP contribution is 2.40. The van der Waals surface area contributed by atoms with Gasteiger partial charge >= 0.3 is 11.9 Å². The summed E-state index contributed by atoms with van der Waals surface area (Å²) in [6, 6.07) is -0.844. The van der Waals surface area contributed by atoms with Crippen LogP contribution in [-0.4, -0.2) is 74.8 Å². The third kappa shape index (κ3) is 4.48. The van der Waals surface area contributed by atoms with Gasteiger partial charge in [0.2, 0.25) is 4.38 Å². The Hall–Kier alpha value is -1.79. The number of amides is 2. The first-order chi connectivity index (χ1) is 12.3. The zero-order valence-corrected chi connectivity index (χ0v) is 16.3. The van der Waals surface area contributed by atoms with Crippen molar-refractivity contribution < 1.29 is 33.8 Å². The van der Waals surface area contributed by atoms with Gasteiger partial charge in [0.15, 0.2) is 6.61 Å². The molecule has 2 rings (SSSR count). The van der Waals surface area contributed by atoms with Crippen molar-refractivity contribution >= 4 is 63.9 Å². The lowest BCUT2D eigenvalue weighted by atomic mass is 10.0. The van der Waals surface area contributed by atoms with E-state index in [0.717, 1.165) is 4.90 Å². The molecule has 2 aliphatic rings. The fourth-order valence-corrected chi connectivity index (χ4v) is 3.94. The number of ether oxygens (including phenoxy) is 2. The molecule has 2 aliphatic heterocycles. The number of thiocarbonyl (C=S) groups is 1. The van der Waals surface area contributed by atoms with Crippen LogP contribution in [0, 0.1) is 0 Å². The number of esters is 1. The molecule has 0 saturated carbocycles. The molecule has 0 aromatic heterocycles. The Morgan fingerprint density at radius 1 is 1.42 bits per heavy atom. The maximum absolute atomic E-state index is 12.3. The van der Waals surface area contributed by atoms with E-state index in [1.54, 1.807) is 6.26 Å². The molecular weight excluding hydrogens is 404 g/mol. The van der Waals surface area contributed by atoms with Gasteiger partial charge in [-0.05, 0) is 18.5 Å². The fourth-order valence-electron chi connectivity index (χ4n) is 2.38. The first kappa shape index (κ1) is 20.5. The van der Waals surface area contributed by atoms with Crippen LogP contribution < -0.4 is 5.32 Å². The molecule has 1 unspecified atom stereocenters. The molecule has 2 N–H and O–H groups in total. The van der Waals surface area contributed by atoms with Crippen LogP contribution in [0.5, 0.6) is 0 Å². The molecule has 0 aromatic carbocycles. The third-order valence-corrected chi connectivity index (χ3v) is 5.91. The van der Waals surface area contributed by atoms with Crippen LogP contribution in [0.25, 0.3) is 0 Å². The summed E-state index contributed by atoms with van der Waals surface area (Å²) in [5.74, 6) is -2.63. The topological polar surface area (TPSA) is 122 Å². The van der Waals surface area contributed by atoms with Crippen LogP contribution in [0.1, 0.15) is 6.92 Å². The van der Waals surface area contributed by atoms with Crippen molar-refractivity contribution in [3.8, 4) is 0 Å². The second kappa shape index (κ2) is 8.73. The summed E-state index contributed by atoms with van der Waals surface area (Å²) in [6.07, 6.45) is 1.71. The van der Waals surface area contributed by atoms with E-state index in [0.29, 0.717) is 5.57 Å². The average Bonchev–Trinajstić information content (AvgIpc) is 2.60. The Labute approximate surface area is 162 Å². The number of carbonyl (C=O) groups excluding carboxylic acids is 3. The molecule has 2 amide bonds. The second-order valence-electron chi connectivity index (χ2n) is 5.24. The zero-order valence-electron chi connectivity index (χ0n) is 13.8. The monoisotopic (exact) mass is 420 g/mol. The quantitative estimate of drug-likeness (QED) is 0.344. The van der Waals surface area contributed by atoms with E-state index < -0.39 is 35.2 Å². The number of rotatable bonds is 6. The molecule has 0 aliphatic carbocycles. The number of carbonyl (C=O) groups is 4. The van der Waals surface area contributed by atoms with E-state index in [4.69, 9.17) is 21.7 Å². The number of carboxylic acids is 1. The second-order valence-corrected chi connectivity index (χ2v) is 7.75. The molecule has 0 bridgehead atoms. The van der Waals surface area contributed by atoms with Gasteiger partial charge in [-0.25, -0.2) is 4.79 Å². The lowest BCUT2D eigenvalue weighted by Gasteiger charge is -2.49. The SMILES string of the molecule is CSC(=S)OCC(=O)N[C@H]1C(=O)N2C(C(=O)O)=C(COC(C)=O)CSC12. The standard InChI is InChI=1S/C14H16N2O7S3/c1-6(17)22-3-7-5-26-12-9(11(19)16(12)10(7)13(20)21)15-8(18)4-23-14(24)25-2/h9,12H,3-5H2,1-2H3,(H,15,18)(H,20,21)/t9-,12?/m0/s1. The van der Waals surface area contributed by atoms with Gasteiger partial charge < -0.3 is 19.9 Å². The number of aliphatic carboxylic acids is 1. The number of carboxylic acid groups (broad SMARTS) is 1. The van der Waals surface area contributed by atoms with E-state index in [1.807, 2.05) is 0 Å². The van der Waals surface area contributed by atoms with Gasteiger partial charge in [0, 0.05) is 18.2 Å². The molecule has 0 radical (unpaired) electrons. The lowest BCUT2D eigenvalue weighted by Crippen LogP contribution is -2.70. The van der Waals surface area contributed by atoms with E-state index in [1.165, 1.54) is 30.4 Å². The van der Waals surface area contributed by atoms with Gasteiger partial charge in [-0.2, -0.15) is 0 Å². The average molecular weight is 420 g/mol. The van der Waals surface area contributed by atoms with Gasteiger partial charge in [0.1, 0.15) is 23.7 Å². The van der Waals surface area contributed by atoms with Crippen LogP contribution in [0.2, 0.25) is 0 Å². The molecule has 2 heterocycles. The van der Waals surface area contributed by atoms with E-state index >= 15 is 0 Å². The molecule has 0 spiro atoms. The maximum Gasteiger partial charge on any atom is 0.352 e. The van der Waals surface area contributed by atoms with Gasteiger partial charge in [0.05, 0.1) is 0 Å². The van der Waals surface area contributed by atoms with Crippen LogP contribution in [-0.2, 0) is 28.7 Å². The molecule has 142 valence electrons. The zero-order chi connectivity index (χ0) is 19.4. The number of β-lactam (4-membered cyclic amide) rings is 1. The first-order valence-electron chi connectivity index (χ1n) is 7.29. The molecule has 1 fully saturated rings. The van der Waals surface area contributed by atoms with Gasteiger partial charge in [-0.15, -0.1) is 11.8 Å². The summed E-state index contributed by atoms with van der Waals surface area (Å²) in [7, 11) is 0. The van der Waals surface area contributed by atoms with Gasteiger partial charge in [-0.3, -0.25) is 19.3 Å². The molecular formula is C14H16N2O7S3. The minimum atomic E-state index is -1.29. The lowest BCUT2D eigenvalue weighted by molar-refractivity contribution is -0.151. The van der Waals surface area contributed by atoms with Crippen molar-refractivity contribution in [1.29, 1.82) is 0 Å². The minimum Gasteiger partial charge on any atom is -0.477 e. The third-order valence-electron chi connectivity index (χ3n) is 3.50. The van der Waals surface area contributed by atoms with Crippen molar-refractivity contribution in [1.82, 2.24) is 10.2 Å². The number of hydrogen-bond acceptors (Lipinski definition) is 9. The van der Waals surface area contributed by atoms with Crippen LogP contribution >= 0.6 is 35.7 Å². The smallest absolute Gasteiger partial charge is 0.352 e. The summed E-state index contributed by atoms with van der Waals surface area (Å²) in [5.41, 5.74) is 0.131. The molecule has 0 aromatic rings. The Kier molecular flexibility index (Phi) is 6.89. The van der Waals surface area contributed by atoms with Crippen LogP contribution in [0.4, 0.5) is 0 Å². The Bertz CT molecular complexity index is 694. The number of nitrogens with one attached hydrogen (secondary N) is 1. The summed E-state index contributed by atoms with van der Waals surface area (Å²) in [4.78, 5) is 47.8. The van der Waals surface area contributed by atoms with E-state index in [2.05, 4.69) is 5.32 Å². The Morgan fingerprint density at radius 3 is 2.69 bits per heavy atom. The van der Waals surface area contributed by atoms with E-state index in [9.17, 15) is 24.3 Å². The number of hydrogen-bond donors (Lipinski definition) is 2. The van der Waals surface area contributed by atoms with Crippen molar-refractivity contribution in [3.05, 3.63) is 11.3 Å². The van der Waals surface area contributed by atoms with Crippen LogP contribution in [0.3, 0.4) is 0 Å². The highest BCUT2D eigenvalue weighted by molar-refractivity contribution is 8.22. The number of nitrogens with zero attached hydrogens (tertiary/aromatic N) is 1. The highest BCUT2D eigenvalue weighted by atomic mass is 32.2. The summed E-state index contributed by atoms with van der Waals surface area (Å²) >= 11 is 7.28. The molecule has 9 nitrogen and oxygen atoms in total. The fraction of sp³-hybridized carbons (Fsp3) is 0.500. The molecule has 12 heteroatoms. The predicted octanol–water partition coefficient (Wildman–Crippen LogP) is -0.0474. The first-order valence-corrected chi connectivity index (χ1v) is 9.98. The number of thioether (sulfide) groups is 2. The minimum absolute atomic E-state index is 0.197. The van der Waals surface area contributed by atoms with Crippen LogP contribution in [0.15, 0.2) is 11.3 Å². The maximum atomic E-state index is 12.3. The normalized spacial score (nSPS) is 21.5. The van der Waals surface area contributed by atoms with Crippen molar-refractivity contribution in [2.24, 2.45) is 0 Å². The van der Waals surface area contributed by atoms with Gasteiger partial charge in [-0.1, -0.05) is 11.8 Å². The van der Waals surface area contributed by atoms with Crippen molar-refractivity contribution in [2.45, 2.75) is 18.3 Å². The molecule has 2 atom stereocenters. The molecule has 1 saturated heterocycles. The van der Waals surface area contributed by atoms with Crippen molar-refractivity contribution in [2.75, 3.05) is 25.2 Å². The molecule has 26 heavy (non-hydrogen) atoms. The Balaban J connectivity index is 2.04. The summed E-state index contributed by atoms with van der Waals surface area (Å²) < 4.78 is 10.1. The highest BCUT2D eigenvalue weighted by Gasteiger charge is 2.54. The summed E-state index contributed by atoms with van der Waals surface area (Å²) in [5, 5.41) is 11.4. The van der Waals surface area contributed by atoms with Gasteiger partial charge in [0.25, 0.3) is 11.8 Å². The number of fused-ring (bicyclic) bond motifs is 1. The predicted molar refractivity (Wildman–Crippen MR) is 98.4 cm³/mol. The van der Waals surface area contributed by atoms with Crippen molar-refractivity contribution in [3.63, 3.8) is 0 Å². The largest absolute Gasteiger partial charge is 0.477 e. The van der Waals surface area contributed by atoms with E-state index in [-0.39, 0.29) is 29.0 Å². The Morgan fingerprint density at radius 2 is 2.12 bits per heavy atom. The summed E-state index contributed by atoms with van der Waals surface area (Å²) in [6.45, 7) is 0.697.